The summed E-state index contributed by atoms with van der Waals surface area (Å²) in [7, 11) is 1.69. The van der Waals surface area contributed by atoms with Gasteiger partial charge < -0.3 is 14.2 Å². The van der Waals surface area contributed by atoms with E-state index in [2.05, 4.69) is 6.92 Å². The molecule has 4 aliphatic heterocycles. The summed E-state index contributed by atoms with van der Waals surface area (Å²) in [6.07, 6.45) is 4.58. The highest BCUT2D eigenvalue weighted by molar-refractivity contribution is 5.07. The van der Waals surface area contributed by atoms with Crippen molar-refractivity contribution in [3.8, 4) is 0 Å². The van der Waals surface area contributed by atoms with Crippen molar-refractivity contribution < 1.29 is 24.0 Å². The van der Waals surface area contributed by atoms with Crippen LogP contribution in [0.3, 0.4) is 0 Å². The fourth-order valence-corrected chi connectivity index (χ4v) is 4.72. The molecular formula is C15H24O5. The minimum absolute atomic E-state index is 0.198. The molecule has 2 bridgehead atoms. The number of rotatable bonds is 1. The maximum absolute atomic E-state index is 6.16. The Kier molecular flexibility index (Phi) is 2.96. The van der Waals surface area contributed by atoms with E-state index in [-0.39, 0.29) is 12.6 Å². The Morgan fingerprint density at radius 3 is 2.80 bits per heavy atom. The Hall–Kier alpha value is -0.200. The lowest BCUT2D eigenvalue weighted by Gasteiger charge is -2.58. The highest BCUT2D eigenvalue weighted by Gasteiger charge is 2.67. The number of fused-ring (bicyclic) bond motifs is 2. The van der Waals surface area contributed by atoms with E-state index >= 15 is 0 Å². The van der Waals surface area contributed by atoms with Gasteiger partial charge in [-0.1, -0.05) is 6.92 Å². The van der Waals surface area contributed by atoms with Gasteiger partial charge in [-0.05, 0) is 38.0 Å². The highest BCUT2D eigenvalue weighted by Crippen LogP contribution is 2.59. The van der Waals surface area contributed by atoms with Crippen molar-refractivity contribution in [3.05, 3.63) is 0 Å². The molecular weight excluding hydrogens is 260 g/mol. The minimum Gasteiger partial charge on any atom is -0.356 e. The average Bonchev–Trinajstić information content (AvgIpc) is 2.67. The second-order valence-electron chi connectivity index (χ2n) is 7.04. The molecule has 5 aliphatic rings. The summed E-state index contributed by atoms with van der Waals surface area (Å²) in [5.74, 6) is 0.750. The van der Waals surface area contributed by atoms with Gasteiger partial charge in [-0.2, -0.15) is 0 Å². The number of methoxy groups -OCH3 is 1. The summed E-state index contributed by atoms with van der Waals surface area (Å²) >= 11 is 0. The molecule has 0 amide bonds. The van der Waals surface area contributed by atoms with Crippen LogP contribution in [0.4, 0.5) is 0 Å². The molecule has 20 heavy (non-hydrogen) atoms. The third-order valence-electron chi connectivity index (χ3n) is 5.89. The molecule has 1 saturated carbocycles. The molecule has 114 valence electrons. The van der Waals surface area contributed by atoms with Gasteiger partial charge in [0.15, 0.2) is 18.2 Å². The monoisotopic (exact) mass is 284 g/mol. The van der Waals surface area contributed by atoms with Crippen molar-refractivity contribution in [1.29, 1.82) is 0 Å². The van der Waals surface area contributed by atoms with Crippen molar-refractivity contribution in [3.63, 3.8) is 0 Å². The van der Waals surface area contributed by atoms with Crippen LogP contribution in [-0.4, -0.2) is 31.1 Å². The third kappa shape index (κ3) is 1.67. The predicted octanol–water partition coefficient (Wildman–Crippen LogP) is 2.59. The van der Waals surface area contributed by atoms with Gasteiger partial charge >= 0.3 is 0 Å². The molecule has 0 aromatic heterocycles. The first kappa shape index (κ1) is 13.5. The van der Waals surface area contributed by atoms with Crippen LogP contribution in [0.1, 0.15) is 46.0 Å². The Labute approximate surface area is 119 Å². The van der Waals surface area contributed by atoms with Gasteiger partial charge in [-0.3, -0.25) is 0 Å². The van der Waals surface area contributed by atoms with Gasteiger partial charge in [0.05, 0.1) is 0 Å². The zero-order chi connectivity index (χ0) is 14.0. The second kappa shape index (κ2) is 4.40. The van der Waals surface area contributed by atoms with Gasteiger partial charge in [-0.25, -0.2) is 9.78 Å². The largest absolute Gasteiger partial charge is 0.356 e. The van der Waals surface area contributed by atoms with Crippen LogP contribution in [0.15, 0.2) is 0 Å². The summed E-state index contributed by atoms with van der Waals surface area (Å²) in [6, 6.07) is 0. The topological polar surface area (TPSA) is 46.2 Å². The first-order chi connectivity index (χ1) is 9.57. The van der Waals surface area contributed by atoms with Gasteiger partial charge in [0.2, 0.25) is 5.79 Å². The van der Waals surface area contributed by atoms with Crippen LogP contribution in [0, 0.1) is 17.8 Å². The molecule has 0 radical (unpaired) electrons. The maximum atomic E-state index is 6.16. The molecule has 4 heterocycles. The Morgan fingerprint density at radius 1 is 1.15 bits per heavy atom. The van der Waals surface area contributed by atoms with Crippen LogP contribution < -0.4 is 0 Å². The third-order valence-corrected chi connectivity index (χ3v) is 5.89. The molecule has 0 aromatic carbocycles. The van der Waals surface area contributed by atoms with Gasteiger partial charge in [0.25, 0.3) is 0 Å². The molecule has 5 fully saturated rings. The SMILES string of the molecule is CO[C@@H]1C[C@@H]2CC[C@@H](C)[C@@H]3CC[C@@]4(C)OO[C@@]23[C@H](O1)O4. The Morgan fingerprint density at radius 2 is 2.00 bits per heavy atom. The molecule has 5 nitrogen and oxygen atoms in total. The Balaban J connectivity index is 1.76. The average molecular weight is 284 g/mol. The summed E-state index contributed by atoms with van der Waals surface area (Å²) in [6.45, 7) is 4.26. The van der Waals surface area contributed by atoms with E-state index in [1.165, 1.54) is 6.42 Å². The minimum atomic E-state index is -0.687. The molecule has 1 spiro atoms. The number of ether oxygens (including phenoxy) is 3. The van der Waals surface area contributed by atoms with Crippen molar-refractivity contribution >= 4 is 0 Å². The van der Waals surface area contributed by atoms with Crippen molar-refractivity contribution in [2.45, 2.75) is 69.9 Å². The van der Waals surface area contributed by atoms with Crippen molar-refractivity contribution in [1.82, 2.24) is 0 Å². The first-order valence-electron chi connectivity index (χ1n) is 7.80. The van der Waals surface area contributed by atoms with Crippen molar-refractivity contribution in [2.24, 2.45) is 17.8 Å². The lowest BCUT2D eigenvalue weighted by molar-refractivity contribution is -0.572. The van der Waals surface area contributed by atoms with Crippen LogP contribution in [-0.2, 0) is 24.0 Å². The molecule has 7 atom stereocenters. The summed E-state index contributed by atoms with van der Waals surface area (Å²) in [4.78, 5) is 11.7. The van der Waals surface area contributed by atoms with E-state index in [0.29, 0.717) is 17.8 Å². The molecule has 1 aliphatic carbocycles. The lowest BCUT2D eigenvalue weighted by Crippen LogP contribution is -2.68. The lowest BCUT2D eigenvalue weighted by atomic mass is 9.60. The van der Waals surface area contributed by atoms with E-state index in [1.807, 2.05) is 6.92 Å². The van der Waals surface area contributed by atoms with Gasteiger partial charge in [-0.15, -0.1) is 0 Å². The van der Waals surface area contributed by atoms with Crippen LogP contribution in [0.25, 0.3) is 0 Å². The number of hydrogen-bond acceptors (Lipinski definition) is 5. The molecule has 0 unspecified atom stereocenters. The summed E-state index contributed by atoms with van der Waals surface area (Å²) in [5.41, 5.74) is -0.442. The highest BCUT2D eigenvalue weighted by atomic mass is 17.3. The predicted molar refractivity (Wildman–Crippen MR) is 69.3 cm³/mol. The second-order valence-corrected chi connectivity index (χ2v) is 7.04. The zero-order valence-electron chi connectivity index (χ0n) is 12.5. The normalized spacial score (nSPS) is 58.0. The van der Waals surface area contributed by atoms with Crippen LogP contribution in [0.5, 0.6) is 0 Å². The molecule has 4 saturated heterocycles. The molecule has 0 N–H and O–H groups in total. The van der Waals surface area contributed by atoms with Gasteiger partial charge in [0, 0.05) is 25.9 Å². The quantitative estimate of drug-likeness (QED) is 0.693. The summed E-state index contributed by atoms with van der Waals surface area (Å²) < 4.78 is 17.6. The fraction of sp³-hybridized carbons (Fsp3) is 1.00. The van der Waals surface area contributed by atoms with E-state index in [0.717, 1.165) is 25.7 Å². The van der Waals surface area contributed by atoms with E-state index < -0.39 is 11.4 Å². The van der Waals surface area contributed by atoms with Gasteiger partial charge in [0.1, 0.15) is 0 Å². The van der Waals surface area contributed by atoms with Crippen LogP contribution >= 0.6 is 0 Å². The molecule has 5 heteroatoms. The number of hydrogen-bond donors (Lipinski definition) is 0. The zero-order valence-corrected chi connectivity index (χ0v) is 12.5. The molecule has 0 aromatic rings. The van der Waals surface area contributed by atoms with E-state index in [9.17, 15) is 0 Å². The smallest absolute Gasteiger partial charge is 0.201 e. The summed E-state index contributed by atoms with van der Waals surface area (Å²) in [5, 5.41) is 0. The fourth-order valence-electron chi connectivity index (χ4n) is 4.72. The van der Waals surface area contributed by atoms with Crippen LogP contribution in [0.2, 0.25) is 0 Å². The first-order valence-corrected chi connectivity index (χ1v) is 7.80. The Bertz CT molecular complexity index is 398. The maximum Gasteiger partial charge on any atom is 0.201 e. The standard InChI is InChI=1S/C15H24O5/c1-9-4-5-10-8-12(16-3)17-13-15(10)11(9)6-7-14(2,18-13)19-20-15/h9-13H,4-8H2,1-3H3/t9-,10+,11+,12+,13-,14-,15+/m1/s1. The van der Waals surface area contributed by atoms with E-state index in [4.69, 9.17) is 24.0 Å². The van der Waals surface area contributed by atoms with Crippen molar-refractivity contribution in [2.75, 3.05) is 7.11 Å². The van der Waals surface area contributed by atoms with E-state index in [1.54, 1.807) is 7.11 Å². The molecule has 5 rings (SSSR count).